The standard InChI is InChI=1S/C13H11BrF2N2O3/c1-2-17-13(11-3-4-12(21-11)18(19)20)7-5-10(16)8(14)6-9(7)15/h3-6,13,17H,2H2,1H3. The quantitative estimate of drug-likeness (QED) is 0.498. The maximum Gasteiger partial charge on any atom is 0.433 e. The Morgan fingerprint density at radius 3 is 2.67 bits per heavy atom. The zero-order valence-corrected chi connectivity index (χ0v) is 12.5. The van der Waals surface area contributed by atoms with Crippen LogP contribution in [-0.4, -0.2) is 11.5 Å². The van der Waals surface area contributed by atoms with Crippen molar-refractivity contribution in [3.63, 3.8) is 0 Å². The lowest BCUT2D eigenvalue weighted by Crippen LogP contribution is -2.22. The lowest BCUT2D eigenvalue weighted by atomic mass is 10.0. The summed E-state index contributed by atoms with van der Waals surface area (Å²) in [7, 11) is 0. The molecule has 5 nitrogen and oxygen atoms in total. The zero-order chi connectivity index (χ0) is 15.6. The van der Waals surface area contributed by atoms with E-state index in [2.05, 4.69) is 21.2 Å². The first-order valence-corrected chi connectivity index (χ1v) is 6.85. The SMILES string of the molecule is CCNC(c1ccc([N+](=O)[O-])o1)c1cc(F)c(Br)cc1F. The molecule has 0 spiro atoms. The van der Waals surface area contributed by atoms with Gasteiger partial charge in [0.05, 0.1) is 16.6 Å². The van der Waals surface area contributed by atoms with Crippen molar-refractivity contribution in [1.82, 2.24) is 5.32 Å². The number of nitrogens with zero attached hydrogens (tertiary/aromatic N) is 1. The molecule has 8 heteroatoms. The number of nitrogens with one attached hydrogen (secondary N) is 1. The minimum atomic E-state index is -0.814. The molecule has 0 saturated heterocycles. The van der Waals surface area contributed by atoms with Gasteiger partial charge in [0.1, 0.15) is 22.3 Å². The zero-order valence-electron chi connectivity index (χ0n) is 10.9. The first-order valence-electron chi connectivity index (χ1n) is 6.06. The molecule has 1 aromatic carbocycles. The molecule has 21 heavy (non-hydrogen) atoms. The van der Waals surface area contributed by atoms with Crippen LogP contribution in [0.2, 0.25) is 0 Å². The van der Waals surface area contributed by atoms with Gasteiger partial charge in [0.2, 0.25) is 0 Å². The Labute approximate surface area is 127 Å². The lowest BCUT2D eigenvalue weighted by molar-refractivity contribution is -0.402. The topological polar surface area (TPSA) is 68.3 Å². The summed E-state index contributed by atoms with van der Waals surface area (Å²) in [5.74, 6) is -1.58. The first-order chi connectivity index (χ1) is 9.93. The summed E-state index contributed by atoms with van der Waals surface area (Å²) < 4.78 is 32.8. The average Bonchev–Trinajstić information content (AvgIpc) is 2.90. The van der Waals surface area contributed by atoms with Crippen LogP contribution in [0.4, 0.5) is 14.7 Å². The Morgan fingerprint density at radius 2 is 2.10 bits per heavy atom. The Kier molecular flexibility index (Phi) is 4.69. The van der Waals surface area contributed by atoms with Gasteiger partial charge in [-0.2, -0.15) is 0 Å². The maximum absolute atomic E-state index is 14.0. The molecule has 112 valence electrons. The predicted molar refractivity (Wildman–Crippen MR) is 74.9 cm³/mol. The van der Waals surface area contributed by atoms with E-state index >= 15 is 0 Å². The van der Waals surface area contributed by atoms with Crippen LogP contribution in [0.1, 0.15) is 24.3 Å². The largest absolute Gasteiger partial charge is 0.433 e. The highest BCUT2D eigenvalue weighted by Gasteiger charge is 2.24. The van der Waals surface area contributed by atoms with E-state index in [1.54, 1.807) is 6.92 Å². The van der Waals surface area contributed by atoms with E-state index < -0.39 is 28.5 Å². The first kappa shape index (κ1) is 15.6. The number of rotatable bonds is 5. The Hall–Kier alpha value is -1.80. The van der Waals surface area contributed by atoms with Crippen molar-refractivity contribution in [3.05, 3.63) is 61.8 Å². The minimum Gasteiger partial charge on any atom is -0.404 e. The van der Waals surface area contributed by atoms with Gasteiger partial charge in [-0.3, -0.25) is 10.1 Å². The highest BCUT2D eigenvalue weighted by molar-refractivity contribution is 9.10. The molecular formula is C13H11BrF2N2O3. The van der Waals surface area contributed by atoms with Crippen molar-refractivity contribution >= 4 is 21.8 Å². The molecule has 1 atom stereocenters. The van der Waals surface area contributed by atoms with Crippen LogP contribution in [0.5, 0.6) is 0 Å². The fraction of sp³-hybridized carbons (Fsp3) is 0.231. The second-order valence-corrected chi connectivity index (χ2v) is 5.07. The molecule has 1 heterocycles. The van der Waals surface area contributed by atoms with Gasteiger partial charge in [-0.05, 0) is 40.7 Å². The van der Waals surface area contributed by atoms with Crippen molar-refractivity contribution in [1.29, 1.82) is 0 Å². The van der Waals surface area contributed by atoms with Crippen LogP contribution in [0, 0.1) is 21.7 Å². The van der Waals surface area contributed by atoms with Gasteiger partial charge >= 0.3 is 5.88 Å². The normalized spacial score (nSPS) is 12.4. The van der Waals surface area contributed by atoms with Crippen molar-refractivity contribution in [2.45, 2.75) is 13.0 Å². The molecule has 0 radical (unpaired) electrons. The van der Waals surface area contributed by atoms with Crippen LogP contribution in [0.25, 0.3) is 0 Å². The fourth-order valence-electron chi connectivity index (χ4n) is 1.92. The number of hydrogen-bond acceptors (Lipinski definition) is 4. The van der Waals surface area contributed by atoms with Crippen LogP contribution in [0.3, 0.4) is 0 Å². The number of nitro groups is 1. The average molecular weight is 361 g/mol. The highest BCUT2D eigenvalue weighted by Crippen LogP contribution is 2.31. The van der Waals surface area contributed by atoms with Gasteiger partial charge in [-0.25, -0.2) is 8.78 Å². The number of furan rings is 1. The molecule has 0 aliphatic carbocycles. The van der Waals surface area contributed by atoms with Crippen molar-refractivity contribution in [2.24, 2.45) is 0 Å². The summed E-state index contributed by atoms with van der Waals surface area (Å²) in [5, 5.41) is 13.6. The van der Waals surface area contributed by atoms with Crippen LogP contribution in [-0.2, 0) is 0 Å². The molecule has 1 N–H and O–H groups in total. The summed E-state index contributed by atoms with van der Waals surface area (Å²) in [6.07, 6.45) is 0. The molecule has 0 amide bonds. The van der Waals surface area contributed by atoms with E-state index in [9.17, 15) is 18.9 Å². The lowest BCUT2D eigenvalue weighted by Gasteiger charge is -2.17. The van der Waals surface area contributed by atoms with Gasteiger partial charge < -0.3 is 9.73 Å². The third-order valence-corrected chi connectivity index (χ3v) is 3.44. The summed E-state index contributed by atoms with van der Waals surface area (Å²) in [6, 6.07) is 3.76. The third kappa shape index (κ3) is 3.27. The smallest absolute Gasteiger partial charge is 0.404 e. The van der Waals surface area contributed by atoms with Gasteiger partial charge in [0, 0.05) is 5.56 Å². The minimum absolute atomic E-state index is 0.00410. The van der Waals surface area contributed by atoms with Crippen molar-refractivity contribution in [2.75, 3.05) is 6.54 Å². The summed E-state index contributed by atoms with van der Waals surface area (Å²) >= 11 is 2.90. The monoisotopic (exact) mass is 360 g/mol. The molecule has 0 fully saturated rings. The number of hydrogen-bond donors (Lipinski definition) is 1. The molecule has 1 aromatic heterocycles. The third-order valence-electron chi connectivity index (χ3n) is 2.84. The molecule has 2 aromatic rings. The van der Waals surface area contributed by atoms with Crippen LogP contribution < -0.4 is 5.32 Å². The molecule has 0 aliphatic heterocycles. The Morgan fingerprint density at radius 1 is 1.38 bits per heavy atom. The van der Waals surface area contributed by atoms with E-state index in [-0.39, 0.29) is 15.8 Å². The maximum atomic E-state index is 14.0. The van der Waals surface area contributed by atoms with E-state index in [4.69, 9.17) is 4.42 Å². The molecule has 0 aliphatic rings. The van der Waals surface area contributed by atoms with Gasteiger partial charge in [0.25, 0.3) is 0 Å². The van der Waals surface area contributed by atoms with Crippen LogP contribution in [0.15, 0.2) is 33.2 Å². The fourth-order valence-corrected chi connectivity index (χ4v) is 2.24. The van der Waals surface area contributed by atoms with Gasteiger partial charge in [0.15, 0.2) is 0 Å². The summed E-state index contributed by atoms with van der Waals surface area (Å²) in [4.78, 5) is 9.96. The van der Waals surface area contributed by atoms with Gasteiger partial charge in [-0.15, -0.1) is 0 Å². The molecule has 1 unspecified atom stereocenters. The van der Waals surface area contributed by atoms with E-state index in [0.717, 1.165) is 12.1 Å². The summed E-state index contributed by atoms with van der Waals surface area (Å²) in [6.45, 7) is 2.22. The van der Waals surface area contributed by atoms with Crippen molar-refractivity contribution < 1.29 is 18.1 Å². The molecule has 2 rings (SSSR count). The van der Waals surface area contributed by atoms with E-state index in [1.165, 1.54) is 12.1 Å². The number of halogens is 3. The van der Waals surface area contributed by atoms with Crippen molar-refractivity contribution in [3.8, 4) is 0 Å². The van der Waals surface area contributed by atoms with E-state index in [0.29, 0.717) is 6.54 Å². The molecular weight excluding hydrogens is 350 g/mol. The highest BCUT2D eigenvalue weighted by atomic mass is 79.9. The summed E-state index contributed by atoms with van der Waals surface area (Å²) in [5.41, 5.74) is 0.0156. The Balaban J connectivity index is 2.47. The van der Waals surface area contributed by atoms with E-state index in [1.807, 2.05) is 0 Å². The second kappa shape index (κ2) is 6.31. The molecule has 0 saturated carbocycles. The number of benzene rings is 1. The second-order valence-electron chi connectivity index (χ2n) is 4.21. The van der Waals surface area contributed by atoms with Crippen LogP contribution >= 0.6 is 15.9 Å². The molecule has 0 bridgehead atoms. The predicted octanol–water partition coefficient (Wildman–Crippen LogP) is 3.93. The van der Waals surface area contributed by atoms with Gasteiger partial charge in [-0.1, -0.05) is 6.92 Å². The Bertz CT molecular complexity index is 675.